The van der Waals surface area contributed by atoms with Gasteiger partial charge >= 0.3 is 0 Å². The Kier molecular flexibility index (Phi) is 2.23. The Morgan fingerprint density at radius 1 is 1.17 bits per heavy atom. The second-order valence-corrected chi connectivity index (χ2v) is 3.28. The molecule has 1 aliphatic heterocycles. The fourth-order valence-electron chi connectivity index (χ4n) is 1.04. The third-order valence-corrected chi connectivity index (χ3v) is 2.31. The molecule has 0 spiro atoms. The molecule has 1 aromatic carbocycles. The molecule has 0 bridgehead atoms. The molecule has 0 radical (unpaired) electrons. The van der Waals surface area contributed by atoms with Crippen LogP contribution in [-0.2, 0) is 0 Å². The molecule has 2 nitrogen and oxygen atoms in total. The average molecular weight is 176 g/mol. The summed E-state index contributed by atoms with van der Waals surface area (Å²) in [6.45, 7) is 0. The van der Waals surface area contributed by atoms with E-state index in [4.69, 9.17) is 0 Å². The van der Waals surface area contributed by atoms with Gasteiger partial charge in [0.15, 0.2) is 0 Å². The number of nitrogens with zero attached hydrogens (tertiary/aromatic N) is 2. The van der Waals surface area contributed by atoms with Gasteiger partial charge in [-0.15, -0.1) is 11.8 Å². The highest BCUT2D eigenvalue weighted by atomic mass is 32.2. The maximum Gasteiger partial charge on any atom is 0.0828 e. The van der Waals surface area contributed by atoms with E-state index in [2.05, 4.69) is 22.3 Å². The highest BCUT2D eigenvalue weighted by Gasteiger charge is 2.04. The van der Waals surface area contributed by atoms with E-state index in [1.807, 2.05) is 18.2 Å². The number of thioether (sulfide) groups is 1. The molecule has 0 N–H and O–H groups in total. The Morgan fingerprint density at radius 3 is 2.67 bits per heavy atom. The van der Waals surface area contributed by atoms with Gasteiger partial charge in [-0.3, -0.25) is 0 Å². The highest BCUT2D eigenvalue weighted by molar-refractivity contribution is 8.12. The van der Waals surface area contributed by atoms with Crippen LogP contribution in [0.25, 0.3) is 0 Å². The molecule has 0 aliphatic carbocycles. The molecule has 2 rings (SSSR count). The van der Waals surface area contributed by atoms with Crippen LogP contribution in [0.1, 0.15) is 5.56 Å². The normalized spacial score (nSPS) is 15.8. The molecule has 0 saturated carbocycles. The summed E-state index contributed by atoms with van der Waals surface area (Å²) < 4.78 is 0. The third kappa shape index (κ3) is 1.56. The Labute approximate surface area is 75.4 Å². The van der Waals surface area contributed by atoms with Crippen molar-refractivity contribution in [1.82, 2.24) is 0 Å². The van der Waals surface area contributed by atoms with Crippen molar-refractivity contribution < 1.29 is 0 Å². The van der Waals surface area contributed by atoms with Crippen LogP contribution in [0.3, 0.4) is 0 Å². The monoisotopic (exact) mass is 176 g/mol. The van der Waals surface area contributed by atoms with Crippen molar-refractivity contribution in [2.45, 2.75) is 0 Å². The molecule has 0 amide bonds. The molecule has 3 heteroatoms. The molecule has 12 heavy (non-hydrogen) atoms. The van der Waals surface area contributed by atoms with Gasteiger partial charge in [-0.05, 0) is 5.56 Å². The minimum Gasteiger partial charge on any atom is -0.154 e. The zero-order valence-electron chi connectivity index (χ0n) is 6.47. The summed E-state index contributed by atoms with van der Waals surface area (Å²) in [5.74, 6) is 0.924. The first-order valence-electron chi connectivity index (χ1n) is 3.72. The lowest BCUT2D eigenvalue weighted by Gasteiger charge is -2.04. The van der Waals surface area contributed by atoms with Gasteiger partial charge in [-0.1, -0.05) is 30.3 Å². The van der Waals surface area contributed by atoms with E-state index in [9.17, 15) is 0 Å². The van der Waals surface area contributed by atoms with Gasteiger partial charge in [0.2, 0.25) is 0 Å². The molecule has 0 unspecified atom stereocenters. The minimum atomic E-state index is 0.924. The van der Waals surface area contributed by atoms with Gasteiger partial charge in [0, 0.05) is 5.75 Å². The molecule has 1 heterocycles. The Hall–Kier alpha value is -1.09. The molecule has 1 aromatic rings. The summed E-state index contributed by atoms with van der Waals surface area (Å²) in [7, 11) is 0. The van der Waals surface area contributed by atoms with Gasteiger partial charge in [-0.2, -0.15) is 10.2 Å². The lowest BCUT2D eigenvalue weighted by atomic mass is 10.1. The van der Waals surface area contributed by atoms with E-state index < -0.39 is 0 Å². The summed E-state index contributed by atoms with van der Waals surface area (Å²) in [4.78, 5) is 0. The van der Waals surface area contributed by atoms with Crippen LogP contribution in [0.15, 0.2) is 40.5 Å². The van der Waals surface area contributed by atoms with Crippen LogP contribution < -0.4 is 0 Å². The first-order chi connectivity index (χ1) is 5.97. The summed E-state index contributed by atoms with van der Waals surface area (Å²) in [6, 6.07) is 10.1. The van der Waals surface area contributed by atoms with Crippen LogP contribution in [0.2, 0.25) is 0 Å². The number of hydrogen-bond acceptors (Lipinski definition) is 3. The second-order valence-electron chi connectivity index (χ2n) is 2.44. The quantitative estimate of drug-likeness (QED) is 0.643. The van der Waals surface area contributed by atoms with Crippen LogP contribution >= 0.6 is 11.8 Å². The van der Waals surface area contributed by atoms with Gasteiger partial charge in [0.25, 0.3) is 0 Å². The summed E-state index contributed by atoms with van der Waals surface area (Å²) in [5, 5.41) is 7.93. The Balaban J connectivity index is 2.31. The van der Waals surface area contributed by atoms with Crippen LogP contribution in [0, 0.1) is 0 Å². The Bertz CT molecular complexity index is 317. The maximum atomic E-state index is 4.06. The van der Waals surface area contributed by atoms with E-state index in [1.165, 1.54) is 5.56 Å². The molecule has 0 fully saturated rings. The van der Waals surface area contributed by atoms with Gasteiger partial charge < -0.3 is 0 Å². The van der Waals surface area contributed by atoms with E-state index in [-0.39, 0.29) is 0 Å². The lowest BCUT2D eigenvalue weighted by molar-refractivity contribution is 1.24. The molecule has 60 valence electrons. The second kappa shape index (κ2) is 3.54. The van der Waals surface area contributed by atoms with Gasteiger partial charge in [0.1, 0.15) is 0 Å². The van der Waals surface area contributed by atoms with Gasteiger partial charge in [0.05, 0.1) is 11.3 Å². The van der Waals surface area contributed by atoms with Crippen molar-refractivity contribution in [3.05, 3.63) is 35.9 Å². The van der Waals surface area contributed by atoms with Crippen molar-refractivity contribution in [3.8, 4) is 0 Å². The lowest BCUT2D eigenvalue weighted by Crippen LogP contribution is -2.05. The molecule has 0 atom stereocenters. The number of hydrogen-bond donors (Lipinski definition) is 0. The first kappa shape index (κ1) is 7.55. The van der Waals surface area contributed by atoms with E-state index in [0.29, 0.717) is 0 Å². The fourth-order valence-corrected chi connectivity index (χ4v) is 1.61. The van der Waals surface area contributed by atoms with Crippen molar-refractivity contribution in [1.29, 1.82) is 0 Å². The summed E-state index contributed by atoms with van der Waals surface area (Å²) in [5.41, 5.74) is 4.00. The molecule has 0 aromatic heterocycles. The highest BCUT2D eigenvalue weighted by Crippen LogP contribution is 2.10. The van der Waals surface area contributed by atoms with Crippen LogP contribution in [0.4, 0.5) is 0 Å². The number of benzene rings is 1. The zero-order valence-corrected chi connectivity index (χ0v) is 7.29. The smallest absolute Gasteiger partial charge is 0.0828 e. The standard InChI is InChI=1S/C9H8N2S/c1-2-4-8(5-3-1)9-6-12-7-10-11-9/h1-5,7H,6H2. The van der Waals surface area contributed by atoms with Crippen LogP contribution in [-0.4, -0.2) is 17.0 Å². The predicted octanol–water partition coefficient (Wildman–Crippen LogP) is 2.17. The average Bonchev–Trinajstić information content (AvgIpc) is 2.21. The van der Waals surface area contributed by atoms with Crippen molar-refractivity contribution >= 4 is 23.0 Å². The fraction of sp³-hybridized carbons (Fsp3) is 0.111. The third-order valence-electron chi connectivity index (χ3n) is 1.63. The molecule has 0 saturated heterocycles. The summed E-state index contributed by atoms with van der Waals surface area (Å²) in [6.07, 6.45) is 0. The largest absolute Gasteiger partial charge is 0.154 e. The van der Waals surface area contributed by atoms with E-state index in [0.717, 1.165) is 11.5 Å². The number of rotatable bonds is 1. The van der Waals surface area contributed by atoms with E-state index >= 15 is 0 Å². The van der Waals surface area contributed by atoms with E-state index in [1.54, 1.807) is 17.3 Å². The maximum absolute atomic E-state index is 4.06. The molecular formula is C9H8N2S. The van der Waals surface area contributed by atoms with Gasteiger partial charge in [-0.25, -0.2) is 0 Å². The van der Waals surface area contributed by atoms with Crippen molar-refractivity contribution in [2.75, 3.05) is 5.75 Å². The zero-order chi connectivity index (χ0) is 8.23. The van der Waals surface area contributed by atoms with Crippen molar-refractivity contribution in [2.24, 2.45) is 10.2 Å². The van der Waals surface area contributed by atoms with Crippen LogP contribution in [0.5, 0.6) is 0 Å². The molecular weight excluding hydrogens is 168 g/mol. The Morgan fingerprint density at radius 2 is 2.00 bits per heavy atom. The topological polar surface area (TPSA) is 24.7 Å². The van der Waals surface area contributed by atoms with Crippen molar-refractivity contribution in [3.63, 3.8) is 0 Å². The predicted molar refractivity (Wildman–Crippen MR) is 53.9 cm³/mol. The minimum absolute atomic E-state index is 0.924. The SMILES string of the molecule is C1=NN=C(c2ccccc2)CS1. The molecule has 1 aliphatic rings. The first-order valence-corrected chi connectivity index (χ1v) is 4.77. The summed E-state index contributed by atoms with van der Waals surface area (Å²) >= 11 is 1.68.